The summed E-state index contributed by atoms with van der Waals surface area (Å²) in [5.74, 6) is -0.0316. The van der Waals surface area contributed by atoms with E-state index in [0.29, 0.717) is 28.6 Å². The molecule has 0 fully saturated rings. The van der Waals surface area contributed by atoms with Crippen LogP contribution in [0.1, 0.15) is 37.8 Å². The predicted molar refractivity (Wildman–Crippen MR) is 152 cm³/mol. The molecule has 1 radical (unpaired) electrons. The number of nitrogens with zero attached hydrogens (tertiary/aromatic N) is 14. The molecule has 0 amide bonds. The predicted octanol–water partition coefficient (Wildman–Crippen LogP) is 2.49. The summed E-state index contributed by atoms with van der Waals surface area (Å²) < 4.78 is 10.3. The average Bonchev–Trinajstić information content (AvgIpc) is 3.74. The molecule has 0 saturated carbocycles. The van der Waals surface area contributed by atoms with Gasteiger partial charge in [-0.25, -0.2) is 18.8 Å². The first-order valence-corrected chi connectivity index (χ1v) is 12.8. The molecule has 0 saturated heterocycles. The Morgan fingerprint density at radius 3 is 2.00 bits per heavy atom. The van der Waals surface area contributed by atoms with Crippen molar-refractivity contribution in [2.45, 2.75) is 13.8 Å². The van der Waals surface area contributed by atoms with Crippen LogP contribution in [0.25, 0.3) is 11.6 Å². The number of aromatic nitrogens is 10. The first kappa shape index (κ1) is 29.5. The second-order valence-corrected chi connectivity index (χ2v) is 9.26. The van der Waals surface area contributed by atoms with Crippen molar-refractivity contribution in [3.8, 4) is 11.6 Å². The standard InChI is InChI=1S/C25H26N15O4/c1-12-20(31-34-24-16(25(43)44-6)10-28-38(24)5)14(3)39(35-12)18-7-8-19(30-29-18)40-22(26)21(13(2)36-40)32-33-23-15(17(42)11-41)9-27-37(23)4/h7-10,41H,3,11,26H2,1-2,4-6H3. The minimum atomic E-state index is -0.690. The second kappa shape index (κ2) is 11.7. The van der Waals surface area contributed by atoms with Gasteiger partial charge in [0.2, 0.25) is 0 Å². The zero-order valence-corrected chi connectivity index (χ0v) is 24.2. The first-order valence-electron chi connectivity index (χ1n) is 12.8. The Balaban J connectivity index is 1.41. The van der Waals surface area contributed by atoms with Crippen LogP contribution in [-0.4, -0.2) is 79.9 Å². The van der Waals surface area contributed by atoms with Gasteiger partial charge in [-0.1, -0.05) is 0 Å². The zero-order valence-electron chi connectivity index (χ0n) is 24.2. The number of ether oxygens (including phenoxy) is 1. The molecule has 0 bridgehead atoms. The summed E-state index contributed by atoms with van der Waals surface area (Å²) in [6.07, 6.45) is 2.64. The smallest absolute Gasteiger partial charge is 0.343 e. The number of hydrogen-bond acceptors (Lipinski definition) is 15. The maximum absolute atomic E-state index is 12.0. The molecule has 0 aliphatic heterocycles. The van der Waals surface area contributed by atoms with Crippen molar-refractivity contribution in [1.82, 2.24) is 49.3 Å². The molecule has 0 atom stereocenters. The molecule has 0 aliphatic rings. The number of azo groups is 2. The number of aryl methyl sites for hydroxylation is 4. The Kier molecular flexibility index (Phi) is 7.86. The fourth-order valence-electron chi connectivity index (χ4n) is 4.10. The van der Waals surface area contributed by atoms with E-state index in [9.17, 15) is 14.7 Å². The van der Waals surface area contributed by atoms with Gasteiger partial charge in [0.05, 0.1) is 42.1 Å². The third kappa shape index (κ3) is 5.22. The Hall–Kier alpha value is -5.98. The largest absolute Gasteiger partial charge is 0.465 e. The third-order valence-electron chi connectivity index (χ3n) is 6.41. The lowest BCUT2D eigenvalue weighted by atomic mass is 10.2. The molecule has 0 spiro atoms. The van der Waals surface area contributed by atoms with Crippen molar-refractivity contribution in [2.75, 3.05) is 19.5 Å². The molecular weight excluding hydrogens is 574 g/mol. The van der Waals surface area contributed by atoms with Crippen molar-refractivity contribution in [3.05, 3.63) is 59.7 Å². The number of nitrogens with two attached hydrogens (primary N) is 1. The van der Waals surface area contributed by atoms with Gasteiger partial charge in [-0.2, -0.15) is 25.1 Å². The Morgan fingerprint density at radius 1 is 0.886 bits per heavy atom. The third-order valence-corrected chi connectivity index (χ3v) is 6.41. The van der Waals surface area contributed by atoms with Gasteiger partial charge in [0.25, 0.3) is 0 Å². The monoisotopic (exact) mass is 600 g/mol. The number of carbonyl (C=O) groups excluding carboxylic acids is 2. The lowest BCUT2D eigenvalue weighted by Gasteiger charge is -2.05. The van der Waals surface area contributed by atoms with E-state index in [0.717, 1.165) is 0 Å². The lowest BCUT2D eigenvalue weighted by molar-refractivity contribution is 0.0601. The summed E-state index contributed by atoms with van der Waals surface area (Å²) in [5.41, 5.74) is 8.54. The van der Waals surface area contributed by atoms with Gasteiger partial charge in [-0.15, -0.1) is 30.7 Å². The van der Waals surface area contributed by atoms with Crippen LogP contribution in [0.4, 0.5) is 28.8 Å². The van der Waals surface area contributed by atoms with E-state index in [-0.39, 0.29) is 40.1 Å². The number of esters is 1. The Bertz CT molecular complexity index is 1800. The van der Waals surface area contributed by atoms with Crippen molar-refractivity contribution in [3.63, 3.8) is 0 Å². The van der Waals surface area contributed by atoms with Gasteiger partial charge < -0.3 is 15.6 Å². The van der Waals surface area contributed by atoms with E-state index in [2.05, 4.69) is 58.0 Å². The summed E-state index contributed by atoms with van der Waals surface area (Å²) >= 11 is 0. The number of ketones is 1. The molecule has 5 heterocycles. The second-order valence-electron chi connectivity index (χ2n) is 9.26. The van der Waals surface area contributed by atoms with Crippen molar-refractivity contribution >= 4 is 40.6 Å². The fraction of sp³-hybridized carbons (Fsp3) is 0.240. The van der Waals surface area contributed by atoms with E-state index in [1.54, 1.807) is 40.1 Å². The van der Waals surface area contributed by atoms with E-state index >= 15 is 0 Å². The van der Waals surface area contributed by atoms with Gasteiger partial charge in [0, 0.05) is 14.1 Å². The van der Waals surface area contributed by atoms with Gasteiger partial charge in [-0.05, 0) is 32.9 Å². The number of hydrogen-bond donors (Lipinski definition) is 2. The van der Waals surface area contributed by atoms with E-state index < -0.39 is 18.4 Å². The topological polar surface area (TPSA) is 236 Å². The highest BCUT2D eigenvalue weighted by atomic mass is 16.5. The summed E-state index contributed by atoms with van der Waals surface area (Å²) in [5, 5.41) is 51.3. The molecule has 3 N–H and O–H groups in total. The van der Waals surface area contributed by atoms with Crippen LogP contribution in [0.5, 0.6) is 0 Å². The average molecular weight is 601 g/mol. The molecule has 0 unspecified atom stereocenters. The highest BCUT2D eigenvalue weighted by molar-refractivity contribution is 6.00. The summed E-state index contributed by atoms with van der Waals surface area (Å²) in [6, 6.07) is 3.27. The highest BCUT2D eigenvalue weighted by Crippen LogP contribution is 2.32. The highest BCUT2D eigenvalue weighted by Gasteiger charge is 2.20. The molecule has 5 aromatic heterocycles. The molecule has 5 aromatic rings. The number of nitrogen functional groups attached to an aromatic ring is 1. The molecule has 225 valence electrons. The van der Waals surface area contributed by atoms with E-state index in [1.165, 1.54) is 38.2 Å². The first-order chi connectivity index (χ1) is 21.0. The minimum absolute atomic E-state index is 0.120. The Labute approximate surface area is 248 Å². The molecule has 0 aliphatic carbocycles. The molecule has 5 rings (SSSR count). The number of Topliss-reactive ketones (excluding diaryl/α,β-unsaturated/α-hetero) is 1. The number of aliphatic hydroxyl groups is 1. The van der Waals surface area contributed by atoms with Crippen LogP contribution in [0.2, 0.25) is 0 Å². The number of rotatable bonds is 9. The maximum atomic E-state index is 12.0. The normalized spacial score (nSPS) is 11.7. The van der Waals surface area contributed by atoms with Crippen LogP contribution in [0, 0.1) is 20.8 Å². The molecular formula is C25H26N15O4. The molecule has 44 heavy (non-hydrogen) atoms. The fourth-order valence-corrected chi connectivity index (χ4v) is 4.10. The van der Waals surface area contributed by atoms with E-state index in [1.807, 2.05) is 0 Å². The van der Waals surface area contributed by atoms with Gasteiger partial charge in [0.15, 0.2) is 40.6 Å². The zero-order chi connectivity index (χ0) is 31.7. The van der Waals surface area contributed by atoms with Gasteiger partial charge in [0.1, 0.15) is 17.9 Å². The van der Waals surface area contributed by atoms with Crippen molar-refractivity contribution < 1.29 is 19.4 Å². The molecule has 0 aromatic carbocycles. The van der Waals surface area contributed by atoms with Crippen LogP contribution < -0.4 is 5.73 Å². The number of methoxy groups -OCH3 is 1. The Morgan fingerprint density at radius 2 is 1.41 bits per heavy atom. The van der Waals surface area contributed by atoms with Crippen molar-refractivity contribution in [2.24, 2.45) is 34.6 Å². The summed E-state index contributed by atoms with van der Waals surface area (Å²) in [7, 11) is 4.47. The lowest BCUT2D eigenvalue weighted by Crippen LogP contribution is -2.08. The summed E-state index contributed by atoms with van der Waals surface area (Å²) in [4.78, 5) is 24.0. The van der Waals surface area contributed by atoms with Gasteiger partial charge >= 0.3 is 5.97 Å². The van der Waals surface area contributed by atoms with Crippen LogP contribution >= 0.6 is 0 Å². The molecule has 19 nitrogen and oxygen atoms in total. The van der Waals surface area contributed by atoms with Gasteiger partial charge in [-0.3, -0.25) is 4.79 Å². The van der Waals surface area contributed by atoms with Crippen LogP contribution in [0.15, 0.2) is 45.0 Å². The van der Waals surface area contributed by atoms with Crippen molar-refractivity contribution in [1.29, 1.82) is 0 Å². The number of carbonyl (C=O) groups is 2. The number of aliphatic hydroxyl groups excluding tert-OH is 1. The molecule has 19 heteroatoms. The summed E-state index contributed by atoms with van der Waals surface area (Å²) in [6.45, 7) is 6.78. The SMILES string of the molecule is [CH2]c1c(N=Nc2c(C(=O)OC)cnn2C)c(C)nn1-c1ccc(-n2nc(C)c(N=Nc3c(C(=O)CO)cnn3C)c2N)nn1. The van der Waals surface area contributed by atoms with E-state index in [4.69, 9.17) is 10.5 Å². The number of anilines is 1. The minimum Gasteiger partial charge on any atom is -0.465 e. The van der Waals surface area contributed by atoms with Crippen LogP contribution in [-0.2, 0) is 18.8 Å². The van der Waals surface area contributed by atoms with Crippen LogP contribution in [0.3, 0.4) is 0 Å². The quantitative estimate of drug-likeness (QED) is 0.141. The maximum Gasteiger partial charge on any atom is 0.343 e.